The molecule has 0 saturated carbocycles. The van der Waals surface area contributed by atoms with Crippen LogP contribution in [0.15, 0.2) is 36.7 Å². The minimum Gasteiger partial charge on any atom is -0.494 e. The largest absolute Gasteiger partial charge is 0.494 e. The highest BCUT2D eigenvalue weighted by atomic mass is 19.3. The van der Waals surface area contributed by atoms with Crippen molar-refractivity contribution in [1.82, 2.24) is 14.5 Å². The number of amides is 1. The molecule has 5 nitrogen and oxygen atoms in total. The molecule has 0 bridgehead atoms. The number of benzene rings is 1. The smallest absolute Gasteiger partial charge is 0.319 e. The van der Waals surface area contributed by atoms with E-state index in [4.69, 9.17) is 4.74 Å². The summed E-state index contributed by atoms with van der Waals surface area (Å²) in [5.41, 5.74) is 0.468. The van der Waals surface area contributed by atoms with Crippen LogP contribution in [0, 0.1) is 0 Å². The number of nitrogens with zero attached hydrogens (tertiary/aromatic N) is 3. The van der Waals surface area contributed by atoms with Gasteiger partial charge in [0.2, 0.25) is 0 Å². The summed E-state index contributed by atoms with van der Waals surface area (Å²) in [6.07, 6.45) is 4.51. The van der Waals surface area contributed by atoms with Gasteiger partial charge in [-0.1, -0.05) is 13.3 Å². The number of rotatable bonds is 8. The third kappa shape index (κ3) is 4.53. The maximum atomic E-state index is 12.8. The van der Waals surface area contributed by atoms with Crippen molar-refractivity contribution >= 4 is 5.91 Å². The van der Waals surface area contributed by atoms with Crippen molar-refractivity contribution in [2.24, 2.45) is 0 Å². The van der Waals surface area contributed by atoms with Crippen LogP contribution in [0.25, 0.3) is 0 Å². The minimum absolute atomic E-state index is 0.00489. The number of carbonyl (C=O) groups excluding carboxylic acids is 1. The van der Waals surface area contributed by atoms with Crippen LogP contribution in [-0.4, -0.2) is 34.0 Å². The second kappa shape index (κ2) is 8.42. The third-order valence-corrected chi connectivity index (χ3v) is 3.55. The molecule has 0 spiro atoms. The van der Waals surface area contributed by atoms with Gasteiger partial charge in [-0.05, 0) is 30.7 Å². The lowest BCUT2D eigenvalue weighted by atomic mass is 10.2. The predicted molar refractivity (Wildman–Crippen MR) is 86.1 cm³/mol. The number of carbonyl (C=O) groups is 1. The lowest BCUT2D eigenvalue weighted by Crippen LogP contribution is -2.27. The summed E-state index contributed by atoms with van der Waals surface area (Å²) < 4.78 is 31.9. The molecule has 0 unspecified atom stereocenters. The molecule has 0 N–H and O–H groups in total. The van der Waals surface area contributed by atoms with Crippen molar-refractivity contribution in [3.63, 3.8) is 0 Å². The molecule has 0 aliphatic carbocycles. The van der Waals surface area contributed by atoms with Gasteiger partial charge >= 0.3 is 6.55 Å². The van der Waals surface area contributed by atoms with Crippen LogP contribution < -0.4 is 4.74 Å². The van der Waals surface area contributed by atoms with Crippen LogP contribution in [0.4, 0.5) is 8.78 Å². The van der Waals surface area contributed by atoms with Crippen molar-refractivity contribution in [2.45, 2.75) is 32.9 Å². The average molecular weight is 337 g/mol. The Balaban J connectivity index is 1.98. The van der Waals surface area contributed by atoms with Gasteiger partial charge in [0.15, 0.2) is 0 Å². The number of alkyl halides is 2. The van der Waals surface area contributed by atoms with E-state index in [-0.39, 0.29) is 18.3 Å². The maximum absolute atomic E-state index is 12.8. The van der Waals surface area contributed by atoms with Gasteiger partial charge in [-0.3, -0.25) is 9.36 Å². The highest BCUT2D eigenvalue weighted by molar-refractivity contribution is 5.94. The fourth-order valence-corrected chi connectivity index (χ4v) is 2.18. The molecule has 0 atom stereocenters. The molecule has 130 valence electrons. The molecule has 1 heterocycles. The van der Waals surface area contributed by atoms with Crippen molar-refractivity contribution < 1.29 is 18.3 Å². The first-order chi connectivity index (χ1) is 11.5. The summed E-state index contributed by atoms with van der Waals surface area (Å²) in [6, 6.07) is 6.80. The quantitative estimate of drug-likeness (QED) is 0.690. The van der Waals surface area contributed by atoms with E-state index in [0.29, 0.717) is 17.9 Å². The fraction of sp³-hybridized carbons (Fsp3) is 0.412. The van der Waals surface area contributed by atoms with Crippen LogP contribution in [0.5, 0.6) is 5.75 Å². The Kier molecular flexibility index (Phi) is 6.28. The van der Waals surface area contributed by atoms with E-state index in [1.807, 2.05) is 0 Å². The minimum atomic E-state index is -2.68. The van der Waals surface area contributed by atoms with Gasteiger partial charge < -0.3 is 9.64 Å². The summed E-state index contributed by atoms with van der Waals surface area (Å²) >= 11 is 0. The molecule has 1 amide bonds. The SMILES string of the molecule is CCCCOc1ccc(C(=O)N(C)Cc2nccn2C(F)F)cc1. The molecule has 1 aromatic heterocycles. The summed E-state index contributed by atoms with van der Waals surface area (Å²) in [5.74, 6) is 0.579. The summed E-state index contributed by atoms with van der Waals surface area (Å²) in [6.45, 7) is 0.0520. The average Bonchev–Trinajstić information content (AvgIpc) is 3.03. The molecule has 0 aliphatic rings. The van der Waals surface area contributed by atoms with Gasteiger partial charge in [0.1, 0.15) is 11.6 Å². The van der Waals surface area contributed by atoms with Crippen molar-refractivity contribution in [2.75, 3.05) is 13.7 Å². The van der Waals surface area contributed by atoms with E-state index in [1.165, 1.54) is 17.3 Å². The van der Waals surface area contributed by atoms with E-state index in [9.17, 15) is 13.6 Å². The first-order valence-electron chi connectivity index (χ1n) is 7.81. The van der Waals surface area contributed by atoms with Crippen molar-refractivity contribution in [3.8, 4) is 5.75 Å². The number of aromatic nitrogens is 2. The van der Waals surface area contributed by atoms with Crippen molar-refractivity contribution in [3.05, 3.63) is 48.0 Å². The monoisotopic (exact) mass is 337 g/mol. The Morgan fingerprint density at radius 2 is 2.04 bits per heavy atom. The standard InChI is InChI=1S/C17H21F2N3O2/c1-3-4-11-24-14-7-5-13(6-8-14)16(23)21(2)12-15-20-9-10-22(15)17(18)19/h5-10,17H,3-4,11-12H2,1-2H3. The fourth-order valence-electron chi connectivity index (χ4n) is 2.18. The third-order valence-electron chi connectivity index (χ3n) is 3.55. The molecular formula is C17H21F2N3O2. The van der Waals surface area contributed by atoms with Gasteiger partial charge in [-0.25, -0.2) is 4.98 Å². The van der Waals surface area contributed by atoms with E-state index < -0.39 is 6.55 Å². The molecular weight excluding hydrogens is 316 g/mol. The van der Waals surface area contributed by atoms with Gasteiger partial charge in [0.05, 0.1) is 13.2 Å². The van der Waals surface area contributed by atoms with Gasteiger partial charge in [0, 0.05) is 25.0 Å². The zero-order valence-corrected chi connectivity index (χ0v) is 13.8. The molecule has 0 saturated heterocycles. The number of hydrogen-bond donors (Lipinski definition) is 0. The molecule has 2 rings (SSSR count). The van der Waals surface area contributed by atoms with Crippen LogP contribution in [0.2, 0.25) is 0 Å². The highest BCUT2D eigenvalue weighted by Gasteiger charge is 2.17. The second-order valence-electron chi connectivity index (χ2n) is 5.42. The lowest BCUT2D eigenvalue weighted by Gasteiger charge is -2.18. The Labute approximate surface area is 139 Å². The second-order valence-corrected chi connectivity index (χ2v) is 5.42. The van der Waals surface area contributed by atoms with Crippen LogP contribution in [-0.2, 0) is 6.54 Å². The molecule has 7 heteroatoms. The highest BCUT2D eigenvalue weighted by Crippen LogP contribution is 2.16. The Hall–Kier alpha value is -2.44. The van der Waals surface area contributed by atoms with Crippen LogP contribution in [0.3, 0.4) is 0 Å². The number of halogens is 2. The zero-order valence-electron chi connectivity index (χ0n) is 13.8. The zero-order chi connectivity index (χ0) is 17.5. The van der Waals surface area contributed by atoms with Gasteiger partial charge in [0.25, 0.3) is 5.91 Å². The molecule has 0 aliphatic heterocycles. The van der Waals surface area contributed by atoms with E-state index in [1.54, 1.807) is 31.3 Å². The normalized spacial score (nSPS) is 10.9. The molecule has 24 heavy (non-hydrogen) atoms. The predicted octanol–water partition coefficient (Wildman–Crippen LogP) is 3.73. The molecule has 0 radical (unpaired) electrons. The van der Waals surface area contributed by atoms with Crippen molar-refractivity contribution in [1.29, 1.82) is 0 Å². The summed E-state index contributed by atoms with van der Waals surface area (Å²) in [5, 5.41) is 0. The summed E-state index contributed by atoms with van der Waals surface area (Å²) in [7, 11) is 1.55. The molecule has 1 aromatic carbocycles. The Morgan fingerprint density at radius 3 is 2.67 bits per heavy atom. The van der Waals surface area contributed by atoms with Gasteiger partial charge in [-0.15, -0.1) is 0 Å². The maximum Gasteiger partial charge on any atom is 0.319 e. The van der Waals surface area contributed by atoms with E-state index in [0.717, 1.165) is 17.4 Å². The first-order valence-corrected chi connectivity index (χ1v) is 7.81. The Bertz CT molecular complexity index is 656. The first kappa shape index (κ1) is 17.9. The number of ether oxygens (including phenoxy) is 1. The van der Waals surface area contributed by atoms with E-state index in [2.05, 4.69) is 11.9 Å². The Morgan fingerprint density at radius 1 is 1.33 bits per heavy atom. The summed E-state index contributed by atoms with van der Waals surface area (Å²) in [4.78, 5) is 17.6. The molecule has 0 fully saturated rings. The van der Waals surface area contributed by atoms with E-state index >= 15 is 0 Å². The van der Waals surface area contributed by atoms with Gasteiger partial charge in [-0.2, -0.15) is 8.78 Å². The topological polar surface area (TPSA) is 47.4 Å². The van der Waals surface area contributed by atoms with Crippen LogP contribution >= 0.6 is 0 Å². The number of hydrogen-bond acceptors (Lipinski definition) is 3. The molecule has 2 aromatic rings. The number of imidazole rings is 1. The van der Waals surface area contributed by atoms with Crippen LogP contribution in [0.1, 0.15) is 42.5 Å². The number of unbranched alkanes of at least 4 members (excludes halogenated alkanes) is 1. The lowest BCUT2D eigenvalue weighted by molar-refractivity contribution is 0.0612.